The van der Waals surface area contributed by atoms with Gasteiger partial charge in [0.1, 0.15) is 5.75 Å². The van der Waals surface area contributed by atoms with E-state index in [1.165, 1.54) is 5.56 Å². The molecule has 2 heteroatoms. The molecule has 0 atom stereocenters. The van der Waals surface area contributed by atoms with Gasteiger partial charge in [0.25, 0.3) is 0 Å². The Kier molecular flexibility index (Phi) is 3.64. The fourth-order valence-corrected chi connectivity index (χ4v) is 2.07. The summed E-state index contributed by atoms with van der Waals surface area (Å²) in [5, 5.41) is 9.45. The highest BCUT2D eigenvalue weighted by molar-refractivity contribution is 9.10. The topological polar surface area (TPSA) is 20.2 Å². The first-order valence-corrected chi connectivity index (χ1v) is 6.19. The maximum Gasteiger partial charge on any atom is 0.129 e. The molecule has 0 radical (unpaired) electrons. The SMILES string of the molecule is C=CCc1ccc(-c2ccc(O)c(Br)c2)cc1. The Morgan fingerprint density at radius 2 is 1.71 bits per heavy atom. The Morgan fingerprint density at radius 3 is 2.29 bits per heavy atom. The van der Waals surface area contributed by atoms with Crippen LogP contribution in [0.15, 0.2) is 59.6 Å². The number of aromatic hydroxyl groups is 1. The lowest BCUT2D eigenvalue weighted by molar-refractivity contribution is 0.472. The van der Waals surface area contributed by atoms with Crippen LogP contribution >= 0.6 is 15.9 Å². The van der Waals surface area contributed by atoms with Crippen LogP contribution in [0.4, 0.5) is 0 Å². The van der Waals surface area contributed by atoms with Crippen LogP contribution in [-0.4, -0.2) is 5.11 Å². The van der Waals surface area contributed by atoms with Gasteiger partial charge in [-0.15, -0.1) is 6.58 Å². The van der Waals surface area contributed by atoms with Gasteiger partial charge in [-0.1, -0.05) is 36.4 Å². The number of halogens is 1. The second-order valence-corrected chi connectivity index (χ2v) is 4.71. The van der Waals surface area contributed by atoms with Crippen LogP contribution in [0.1, 0.15) is 5.56 Å². The minimum atomic E-state index is 0.261. The van der Waals surface area contributed by atoms with Crippen molar-refractivity contribution in [1.29, 1.82) is 0 Å². The van der Waals surface area contributed by atoms with Crippen molar-refractivity contribution in [3.8, 4) is 16.9 Å². The largest absolute Gasteiger partial charge is 0.507 e. The lowest BCUT2D eigenvalue weighted by Crippen LogP contribution is -1.82. The van der Waals surface area contributed by atoms with Gasteiger partial charge in [0, 0.05) is 0 Å². The molecular formula is C15H13BrO. The molecule has 0 saturated carbocycles. The van der Waals surface area contributed by atoms with Crippen LogP contribution < -0.4 is 0 Å². The predicted molar refractivity (Wildman–Crippen MR) is 75.1 cm³/mol. The summed E-state index contributed by atoms with van der Waals surface area (Å²) in [6, 6.07) is 13.9. The lowest BCUT2D eigenvalue weighted by atomic mass is 10.0. The number of phenols is 1. The summed E-state index contributed by atoms with van der Waals surface area (Å²) in [6.45, 7) is 3.72. The second kappa shape index (κ2) is 5.19. The zero-order chi connectivity index (χ0) is 12.3. The number of hydrogen-bond donors (Lipinski definition) is 1. The van der Waals surface area contributed by atoms with Crippen LogP contribution in [0.5, 0.6) is 5.75 Å². The molecule has 0 saturated heterocycles. The summed E-state index contributed by atoms with van der Waals surface area (Å²) in [5.74, 6) is 0.261. The van der Waals surface area contributed by atoms with Gasteiger partial charge >= 0.3 is 0 Å². The minimum absolute atomic E-state index is 0.261. The number of rotatable bonds is 3. The van der Waals surface area contributed by atoms with Crippen molar-refractivity contribution in [2.45, 2.75) is 6.42 Å². The Labute approximate surface area is 110 Å². The molecular weight excluding hydrogens is 276 g/mol. The molecule has 2 aromatic rings. The number of benzene rings is 2. The van der Waals surface area contributed by atoms with Gasteiger partial charge < -0.3 is 5.11 Å². The van der Waals surface area contributed by atoms with Crippen molar-refractivity contribution in [1.82, 2.24) is 0 Å². The molecule has 0 aliphatic heterocycles. The fourth-order valence-electron chi connectivity index (χ4n) is 1.69. The summed E-state index contributed by atoms with van der Waals surface area (Å²) in [7, 11) is 0. The predicted octanol–water partition coefficient (Wildman–Crippen LogP) is 4.55. The van der Waals surface area contributed by atoms with Crippen molar-refractivity contribution in [2.24, 2.45) is 0 Å². The van der Waals surface area contributed by atoms with Gasteiger partial charge in [-0.05, 0) is 51.2 Å². The summed E-state index contributed by atoms with van der Waals surface area (Å²) < 4.78 is 0.713. The first-order chi connectivity index (χ1) is 8.20. The molecule has 1 N–H and O–H groups in total. The van der Waals surface area contributed by atoms with Gasteiger partial charge in [0.2, 0.25) is 0 Å². The van der Waals surface area contributed by atoms with Crippen molar-refractivity contribution in [2.75, 3.05) is 0 Å². The molecule has 0 bridgehead atoms. The molecule has 1 nitrogen and oxygen atoms in total. The standard InChI is InChI=1S/C15H13BrO/c1-2-3-11-4-6-12(7-5-11)13-8-9-15(17)14(16)10-13/h2,4-10,17H,1,3H2. The van der Waals surface area contributed by atoms with E-state index in [-0.39, 0.29) is 5.75 Å². The third kappa shape index (κ3) is 2.77. The average Bonchev–Trinajstić information content (AvgIpc) is 2.34. The third-order valence-electron chi connectivity index (χ3n) is 2.61. The highest BCUT2D eigenvalue weighted by atomic mass is 79.9. The van der Waals surface area contributed by atoms with Crippen LogP contribution in [0, 0.1) is 0 Å². The van der Waals surface area contributed by atoms with Crippen LogP contribution in [0.2, 0.25) is 0 Å². The molecule has 0 aromatic heterocycles. The van der Waals surface area contributed by atoms with Crippen molar-refractivity contribution < 1.29 is 5.11 Å². The molecule has 0 unspecified atom stereocenters. The second-order valence-electron chi connectivity index (χ2n) is 3.86. The molecule has 0 aliphatic rings. The molecule has 86 valence electrons. The van der Waals surface area contributed by atoms with Crippen molar-refractivity contribution in [3.05, 3.63) is 65.2 Å². The Morgan fingerprint density at radius 1 is 1.06 bits per heavy atom. The van der Waals surface area contributed by atoms with Gasteiger partial charge in [-0.3, -0.25) is 0 Å². The van der Waals surface area contributed by atoms with E-state index >= 15 is 0 Å². The normalized spacial score (nSPS) is 10.2. The number of allylic oxidation sites excluding steroid dienone is 1. The molecule has 0 spiro atoms. The molecule has 2 aromatic carbocycles. The number of phenolic OH excluding ortho intramolecular Hbond substituents is 1. The Balaban J connectivity index is 2.32. The average molecular weight is 289 g/mol. The van der Waals surface area contributed by atoms with Crippen molar-refractivity contribution >= 4 is 15.9 Å². The Bertz CT molecular complexity index is 529. The van der Waals surface area contributed by atoms with Crippen LogP contribution in [0.25, 0.3) is 11.1 Å². The maximum atomic E-state index is 9.45. The summed E-state index contributed by atoms with van der Waals surface area (Å²) in [6.07, 6.45) is 2.78. The third-order valence-corrected chi connectivity index (χ3v) is 3.25. The monoisotopic (exact) mass is 288 g/mol. The molecule has 2 rings (SSSR count). The first-order valence-electron chi connectivity index (χ1n) is 5.39. The summed E-state index contributed by atoms with van der Waals surface area (Å²) >= 11 is 3.32. The van der Waals surface area contributed by atoms with Crippen molar-refractivity contribution in [3.63, 3.8) is 0 Å². The summed E-state index contributed by atoms with van der Waals surface area (Å²) in [4.78, 5) is 0. The van der Waals surface area contributed by atoms with E-state index in [4.69, 9.17) is 0 Å². The van der Waals surface area contributed by atoms with Crippen LogP contribution in [0.3, 0.4) is 0 Å². The fraction of sp³-hybridized carbons (Fsp3) is 0.0667. The highest BCUT2D eigenvalue weighted by Gasteiger charge is 2.02. The van der Waals surface area contributed by atoms with Gasteiger partial charge in [-0.2, -0.15) is 0 Å². The van der Waals surface area contributed by atoms with E-state index in [1.807, 2.05) is 18.2 Å². The lowest BCUT2D eigenvalue weighted by Gasteiger charge is -2.05. The molecule has 0 heterocycles. The minimum Gasteiger partial charge on any atom is -0.507 e. The van der Waals surface area contributed by atoms with E-state index in [0.717, 1.165) is 17.5 Å². The van der Waals surface area contributed by atoms with Gasteiger partial charge in [-0.25, -0.2) is 0 Å². The van der Waals surface area contributed by atoms with E-state index in [2.05, 4.69) is 46.8 Å². The van der Waals surface area contributed by atoms with E-state index in [0.29, 0.717) is 4.47 Å². The quantitative estimate of drug-likeness (QED) is 0.822. The van der Waals surface area contributed by atoms with Gasteiger partial charge in [0.15, 0.2) is 0 Å². The highest BCUT2D eigenvalue weighted by Crippen LogP contribution is 2.29. The van der Waals surface area contributed by atoms with E-state index in [9.17, 15) is 5.11 Å². The first kappa shape index (κ1) is 11.9. The van der Waals surface area contributed by atoms with Gasteiger partial charge in [0.05, 0.1) is 4.47 Å². The van der Waals surface area contributed by atoms with E-state index < -0.39 is 0 Å². The Hall–Kier alpha value is -1.54. The van der Waals surface area contributed by atoms with Crippen LogP contribution in [-0.2, 0) is 6.42 Å². The zero-order valence-corrected chi connectivity index (χ0v) is 10.9. The number of hydrogen-bond acceptors (Lipinski definition) is 1. The molecule has 0 amide bonds. The molecule has 0 fully saturated rings. The molecule has 0 aliphatic carbocycles. The van der Waals surface area contributed by atoms with E-state index in [1.54, 1.807) is 6.07 Å². The molecule has 17 heavy (non-hydrogen) atoms. The maximum absolute atomic E-state index is 9.45. The summed E-state index contributed by atoms with van der Waals surface area (Å²) in [5.41, 5.74) is 3.47. The smallest absolute Gasteiger partial charge is 0.129 e. The zero-order valence-electron chi connectivity index (χ0n) is 9.36.